The van der Waals surface area contributed by atoms with E-state index in [-0.39, 0.29) is 24.1 Å². The van der Waals surface area contributed by atoms with Crippen LogP contribution in [-0.2, 0) is 4.74 Å². The third-order valence-corrected chi connectivity index (χ3v) is 3.87. The van der Waals surface area contributed by atoms with Crippen LogP contribution in [0.15, 0.2) is 18.2 Å². The molecule has 3 nitrogen and oxygen atoms in total. The molecule has 18 heavy (non-hydrogen) atoms. The summed E-state index contributed by atoms with van der Waals surface area (Å²) in [6.07, 6.45) is 2.68. The summed E-state index contributed by atoms with van der Waals surface area (Å²) >= 11 is 0. The Morgan fingerprint density at radius 1 is 1.33 bits per heavy atom. The largest absolute Gasteiger partial charge is 0.371 e. The Kier molecular flexibility index (Phi) is 2.99. The number of rotatable bonds is 2. The molecule has 2 N–H and O–H groups in total. The Morgan fingerprint density at radius 3 is 2.61 bits per heavy atom. The number of fused-ring (bicyclic) bond motifs is 2. The van der Waals surface area contributed by atoms with Crippen molar-refractivity contribution in [2.75, 3.05) is 18.0 Å². The van der Waals surface area contributed by atoms with Gasteiger partial charge in [0, 0.05) is 19.1 Å². The Morgan fingerprint density at radius 2 is 2.00 bits per heavy atom. The molecular formula is C14H19FN2O. The van der Waals surface area contributed by atoms with Gasteiger partial charge in [-0.15, -0.1) is 0 Å². The maximum absolute atomic E-state index is 14.1. The van der Waals surface area contributed by atoms with Gasteiger partial charge in [0.25, 0.3) is 0 Å². The summed E-state index contributed by atoms with van der Waals surface area (Å²) in [7, 11) is 0. The first-order valence-electron chi connectivity index (χ1n) is 6.59. The highest BCUT2D eigenvalue weighted by molar-refractivity contribution is 5.56. The number of hydrogen-bond donors (Lipinski definition) is 1. The van der Waals surface area contributed by atoms with Gasteiger partial charge in [-0.05, 0) is 31.4 Å². The van der Waals surface area contributed by atoms with Crippen LogP contribution in [0.2, 0.25) is 0 Å². The highest BCUT2D eigenvalue weighted by atomic mass is 19.1. The third kappa shape index (κ3) is 1.99. The molecule has 0 saturated carbocycles. The topological polar surface area (TPSA) is 38.5 Å². The number of halogens is 1. The van der Waals surface area contributed by atoms with Gasteiger partial charge < -0.3 is 15.4 Å². The van der Waals surface area contributed by atoms with Gasteiger partial charge in [0.15, 0.2) is 0 Å². The summed E-state index contributed by atoms with van der Waals surface area (Å²) in [6.45, 7) is 3.45. The quantitative estimate of drug-likeness (QED) is 0.874. The molecule has 3 unspecified atom stereocenters. The van der Waals surface area contributed by atoms with Gasteiger partial charge in [-0.2, -0.15) is 0 Å². The minimum Gasteiger partial charge on any atom is -0.371 e. The van der Waals surface area contributed by atoms with Crippen molar-refractivity contribution >= 4 is 5.69 Å². The van der Waals surface area contributed by atoms with Gasteiger partial charge in [0.1, 0.15) is 5.82 Å². The van der Waals surface area contributed by atoms with Crippen molar-refractivity contribution in [1.29, 1.82) is 0 Å². The van der Waals surface area contributed by atoms with Crippen LogP contribution in [0.1, 0.15) is 31.4 Å². The normalized spacial score (nSPS) is 28.5. The van der Waals surface area contributed by atoms with Crippen molar-refractivity contribution < 1.29 is 9.13 Å². The number of hydrogen-bond acceptors (Lipinski definition) is 3. The van der Waals surface area contributed by atoms with Gasteiger partial charge in [-0.25, -0.2) is 4.39 Å². The maximum atomic E-state index is 14.1. The fourth-order valence-electron chi connectivity index (χ4n) is 3.03. The molecular weight excluding hydrogens is 231 g/mol. The minimum atomic E-state index is -0.175. The summed E-state index contributed by atoms with van der Waals surface area (Å²) in [5.74, 6) is -0.175. The molecule has 98 valence electrons. The third-order valence-electron chi connectivity index (χ3n) is 3.87. The summed E-state index contributed by atoms with van der Waals surface area (Å²) in [5.41, 5.74) is 7.51. The van der Waals surface area contributed by atoms with E-state index in [2.05, 4.69) is 4.90 Å². The SMILES string of the molecule is CC(N)c1cccc(F)c1N1CC2CCC(C1)O2. The predicted octanol–water partition coefficient (Wildman–Crippen LogP) is 2.21. The Bertz CT molecular complexity index is 437. The zero-order chi connectivity index (χ0) is 12.7. The first-order valence-corrected chi connectivity index (χ1v) is 6.59. The van der Waals surface area contributed by atoms with E-state index < -0.39 is 0 Å². The van der Waals surface area contributed by atoms with Gasteiger partial charge in [-0.1, -0.05) is 12.1 Å². The van der Waals surface area contributed by atoms with E-state index in [0.717, 1.165) is 31.5 Å². The number of nitrogens with two attached hydrogens (primary N) is 1. The highest BCUT2D eigenvalue weighted by Crippen LogP contribution is 2.34. The molecule has 0 aliphatic carbocycles. The Balaban J connectivity index is 1.96. The van der Waals surface area contributed by atoms with E-state index >= 15 is 0 Å². The van der Waals surface area contributed by atoms with Crippen molar-refractivity contribution in [3.05, 3.63) is 29.6 Å². The van der Waals surface area contributed by atoms with E-state index in [1.165, 1.54) is 6.07 Å². The van der Waals surface area contributed by atoms with Gasteiger partial charge >= 0.3 is 0 Å². The molecule has 0 amide bonds. The van der Waals surface area contributed by atoms with Gasteiger partial charge in [0.2, 0.25) is 0 Å². The van der Waals surface area contributed by atoms with Crippen LogP contribution in [0.5, 0.6) is 0 Å². The molecule has 2 heterocycles. The zero-order valence-corrected chi connectivity index (χ0v) is 10.6. The fourth-order valence-corrected chi connectivity index (χ4v) is 3.03. The molecule has 0 spiro atoms. The summed E-state index contributed by atoms with van der Waals surface area (Å²) in [5, 5.41) is 0. The second-order valence-corrected chi connectivity index (χ2v) is 5.33. The van der Waals surface area contributed by atoms with Crippen LogP contribution in [0, 0.1) is 5.82 Å². The molecule has 2 aliphatic heterocycles. The van der Waals surface area contributed by atoms with Crippen molar-refractivity contribution in [2.45, 2.75) is 38.0 Å². The summed E-state index contributed by atoms with van der Waals surface area (Å²) < 4.78 is 19.9. The van der Waals surface area contributed by atoms with Crippen LogP contribution in [0.25, 0.3) is 0 Å². The lowest BCUT2D eigenvalue weighted by molar-refractivity contribution is 0.0302. The average Bonchev–Trinajstić information content (AvgIpc) is 2.68. The van der Waals surface area contributed by atoms with E-state index in [9.17, 15) is 4.39 Å². The van der Waals surface area contributed by atoms with Crippen LogP contribution in [-0.4, -0.2) is 25.3 Å². The van der Waals surface area contributed by atoms with E-state index in [1.54, 1.807) is 6.07 Å². The van der Waals surface area contributed by atoms with Crippen molar-refractivity contribution in [3.63, 3.8) is 0 Å². The minimum absolute atomic E-state index is 0.156. The number of benzene rings is 1. The van der Waals surface area contributed by atoms with Gasteiger partial charge in [0.05, 0.1) is 17.9 Å². The van der Waals surface area contributed by atoms with Crippen LogP contribution in [0.3, 0.4) is 0 Å². The molecule has 0 aromatic heterocycles. The van der Waals surface area contributed by atoms with Crippen LogP contribution >= 0.6 is 0 Å². The van der Waals surface area contributed by atoms with Crippen LogP contribution < -0.4 is 10.6 Å². The monoisotopic (exact) mass is 250 g/mol. The standard InChI is InChI=1S/C14H19FN2O/c1-9(16)12-3-2-4-13(15)14(12)17-7-10-5-6-11(8-17)18-10/h2-4,9-11H,5-8,16H2,1H3. The lowest BCUT2D eigenvalue weighted by Gasteiger charge is -2.35. The lowest BCUT2D eigenvalue weighted by Crippen LogP contribution is -2.43. The first kappa shape index (κ1) is 11.9. The van der Waals surface area contributed by atoms with E-state index in [0.29, 0.717) is 5.69 Å². The second kappa shape index (κ2) is 4.52. The van der Waals surface area contributed by atoms with E-state index in [4.69, 9.17) is 10.5 Å². The second-order valence-electron chi connectivity index (χ2n) is 5.33. The molecule has 1 aromatic carbocycles. The number of morpholine rings is 1. The average molecular weight is 250 g/mol. The highest BCUT2D eigenvalue weighted by Gasteiger charge is 2.35. The summed E-state index contributed by atoms with van der Waals surface area (Å²) in [4.78, 5) is 2.11. The molecule has 3 atom stereocenters. The smallest absolute Gasteiger partial charge is 0.146 e. The molecule has 2 aliphatic rings. The molecule has 3 rings (SSSR count). The summed E-state index contributed by atoms with van der Waals surface area (Å²) in [6, 6.07) is 5.00. The number of nitrogens with zero attached hydrogens (tertiary/aromatic N) is 1. The molecule has 2 fully saturated rings. The molecule has 4 heteroatoms. The number of ether oxygens (including phenoxy) is 1. The zero-order valence-electron chi connectivity index (χ0n) is 10.6. The molecule has 0 radical (unpaired) electrons. The van der Waals surface area contributed by atoms with E-state index in [1.807, 2.05) is 13.0 Å². The Labute approximate surface area is 107 Å². The predicted molar refractivity (Wildman–Crippen MR) is 69.1 cm³/mol. The van der Waals surface area contributed by atoms with Gasteiger partial charge in [-0.3, -0.25) is 0 Å². The van der Waals surface area contributed by atoms with Crippen LogP contribution in [0.4, 0.5) is 10.1 Å². The van der Waals surface area contributed by atoms with Crippen molar-refractivity contribution in [1.82, 2.24) is 0 Å². The van der Waals surface area contributed by atoms with Crippen molar-refractivity contribution in [3.8, 4) is 0 Å². The Hall–Kier alpha value is -1.13. The lowest BCUT2D eigenvalue weighted by atomic mass is 10.0. The molecule has 2 saturated heterocycles. The van der Waals surface area contributed by atoms with Crippen molar-refractivity contribution in [2.24, 2.45) is 5.73 Å². The maximum Gasteiger partial charge on any atom is 0.146 e. The fraction of sp³-hybridized carbons (Fsp3) is 0.571. The number of para-hydroxylation sites is 1. The molecule has 2 bridgehead atoms. The first-order chi connectivity index (χ1) is 8.65. The number of anilines is 1. The molecule has 1 aromatic rings.